The molecule has 4 aliphatic rings. The Morgan fingerprint density at radius 2 is 1.22 bits per heavy atom. The van der Waals surface area contributed by atoms with Crippen LogP contribution in [0.3, 0.4) is 0 Å². The summed E-state index contributed by atoms with van der Waals surface area (Å²) in [6.07, 6.45) is 9.72. The first kappa shape index (κ1) is 34.5. The first-order valence-electron chi connectivity index (χ1n) is 16.8. The van der Waals surface area contributed by atoms with Crippen LogP contribution in [-0.2, 0) is 5.41 Å². The first-order valence-corrected chi connectivity index (χ1v) is 19.3. The number of benzene rings is 2. The summed E-state index contributed by atoms with van der Waals surface area (Å²) in [5.41, 5.74) is 0.522. The molecule has 4 aliphatic carbocycles. The Labute approximate surface area is 321 Å². The van der Waals surface area contributed by atoms with E-state index in [0.717, 1.165) is 91.2 Å². The molecule has 1 spiro atoms. The van der Waals surface area contributed by atoms with Crippen molar-refractivity contribution >= 4 is 87.7 Å². The topological polar surface area (TPSA) is 90.4 Å². The Bertz CT molecular complexity index is 3010. The second kappa shape index (κ2) is 12.4. The van der Waals surface area contributed by atoms with Gasteiger partial charge in [-0.05, 0) is 83.7 Å². The zero-order valence-corrected chi connectivity index (χ0v) is 30.4. The Morgan fingerprint density at radius 3 is 1.75 bits per heavy atom. The van der Waals surface area contributed by atoms with Gasteiger partial charge >= 0.3 is 0 Å². The van der Waals surface area contributed by atoms with Crippen LogP contribution < -0.4 is 0 Å². The molecule has 0 saturated heterocycles. The molecule has 0 bridgehead atoms. The summed E-state index contributed by atoms with van der Waals surface area (Å²) in [6.45, 7) is 15.2. The first-order chi connectivity index (χ1) is 26.5. The molecule has 13 heteroatoms. The fourth-order valence-electron chi connectivity index (χ4n) is 8.39. The average molecular weight is 783 g/mol. The fraction of sp³-hybridized carbons (Fsp3) is 0.143. The van der Waals surface area contributed by atoms with Gasteiger partial charge in [-0.15, -0.1) is 34.0 Å². The average Bonchev–Trinajstić information content (AvgIpc) is 3.98. The van der Waals surface area contributed by atoms with Crippen molar-refractivity contribution in [3.05, 3.63) is 148 Å². The third kappa shape index (κ3) is 4.84. The number of rotatable bonds is 2. The number of Topliss-reactive ketones (excluding diaryl/α,β-unsaturated/α-hetero) is 2. The molecule has 2 aromatic carbocycles. The van der Waals surface area contributed by atoms with Crippen molar-refractivity contribution in [3.8, 4) is 12.1 Å². The predicted molar refractivity (Wildman–Crippen MR) is 204 cm³/mol. The SMILES string of the molecule is [C-]#[N+]C(C#N)=C1/C(=C/c2cc3sc4c5c(sc4c3s2)C=C(/C=C2\C(=O)c3cc(F)c(F)cc3\C2=C(\C#N)[N+]#[C-])C52CCCCC2)C(=O)c2cc(F)c(F)cc21. The van der Waals surface area contributed by atoms with E-state index in [1.54, 1.807) is 40.9 Å². The zero-order chi connectivity index (χ0) is 38.5. The van der Waals surface area contributed by atoms with E-state index in [2.05, 4.69) is 9.69 Å². The van der Waals surface area contributed by atoms with E-state index >= 15 is 0 Å². The Kier molecular flexibility index (Phi) is 7.80. The minimum Gasteiger partial charge on any atom is -0.289 e. The summed E-state index contributed by atoms with van der Waals surface area (Å²) < 4.78 is 61.3. The molecule has 0 amide bonds. The van der Waals surface area contributed by atoms with Gasteiger partial charge in [-0.2, -0.15) is 0 Å². The van der Waals surface area contributed by atoms with Gasteiger partial charge in [0.05, 0.1) is 39.4 Å². The number of hydrogen-bond donors (Lipinski definition) is 0. The van der Waals surface area contributed by atoms with E-state index in [4.69, 9.17) is 13.1 Å². The molecule has 5 aromatic rings. The van der Waals surface area contributed by atoms with Crippen molar-refractivity contribution in [3.63, 3.8) is 0 Å². The number of ketones is 2. The van der Waals surface area contributed by atoms with E-state index in [1.165, 1.54) is 11.3 Å². The van der Waals surface area contributed by atoms with Crippen LogP contribution >= 0.6 is 34.0 Å². The molecule has 0 unspecified atom stereocenters. The van der Waals surface area contributed by atoms with E-state index in [1.807, 2.05) is 18.2 Å². The summed E-state index contributed by atoms with van der Waals surface area (Å²) in [6, 6.07) is 8.86. The summed E-state index contributed by atoms with van der Waals surface area (Å²) in [5, 5.41) is 19.5. The van der Waals surface area contributed by atoms with Gasteiger partial charge in [0.1, 0.15) is 0 Å². The Morgan fingerprint density at radius 1 is 0.691 bits per heavy atom. The molecule has 6 nitrogen and oxygen atoms in total. The van der Waals surface area contributed by atoms with Gasteiger partial charge in [-0.1, -0.05) is 19.3 Å². The molecule has 1 fully saturated rings. The molecule has 9 rings (SSSR count). The molecule has 1 saturated carbocycles. The van der Waals surface area contributed by atoms with Crippen LogP contribution in [-0.4, -0.2) is 11.6 Å². The van der Waals surface area contributed by atoms with Gasteiger partial charge in [-0.25, -0.2) is 37.8 Å². The monoisotopic (exact) mass is 782 g/mol. The number of allylic oxidation sites excluding steroid dienone is 8. The van der Waals surface area contributed by atoms with E-state index in [0.29, 0.717) is 4.88 Å². The maximum absolute atomic E-state index is 14.5. The molecule has 0 N–H and O–H groups in total. The molecule has 55 heavy (non-hydrogen) atoms. The van der Waals surface area contributed by atoms with Crippen molar-refractivity contribution in [2.45, 2.75) is 37.5 Å². The van der Waals surface area contributed by atoms with Crippen molar-refractivity contribution in [1.82, 2.24) is 0 Å². The van der Waals surface area contributed by atoms with Crippen LogP contribution in [0, 0.1) is 59.1 Å². The summed E-state index contributed by atoms with van der Waals surface area (Å²) in [7, 11) is 0. The van der Waals surface area contributed by atoms with Crippen LogP contribution in [0.2, 0.25) is 0 Å². The van der Waals surface area contributed by atoms with Gasteiger partial charge in [0.25, 0.3) is 11.4 Å². The lowest BCUT2D eigenvalue weighted by molar-refractivity contribution is 0.103. The second-order valence-electron chi connectivity index (χ2n) is 13.5. The molecule has 0 aliphatic heterocycles. The van der Waals surface area contributed by atoms with Crippen molar-refractivity contribution in [2.24, 2.45) is 0 Å². The lowest BCUT2D eigenvalue weighted by Gasteiger charge is -2.36. The fourth-order valence-corrected chi connectivity index (χ4v) is 12.8. The maximum Gasteiger partial charge on any atom is 0.270 e. The number of fused-ring (bicyclic) bond motifs is 8. The van der Waals surface area contributed by atoms with E-state index in [-0.39, 0.29) is 50.2 Å². The highest BCUT2D eigenvalue weighted by atomic mass is 32.1. The molecular formula is C42H18F4N4O2S3. The number of carbonyl (C=O) groups excluding carboxylic acids is 2. The minimum absolute atomic E-state index is 0.00246. The molecule has 3 aromatic heterocycles. The van der Waals surface area contributed by atoms with Gasteiger partial charge < -0.3 is 0 Å². The van der Waals surface area contributed by atoms with Crippen LogP contribution in [0.4, 0.5) is 17.6 Å². The summed E-state index contributed by atoms with van der Waals surface area (Å²) in [4.78, 5) is 35.6. The third-order valence-electron chi connectivity index (χ3n) is 10.7. The number of carbonyl (C=O) groups is 2. The number of halogens is 4. The third-order valence-corrected chi connectivity index (χ3v) is 14.5. The summed E-state index contributed by atoms with van der Waals surface area (Å²) in [5.74, 6) is -5.98. The highest BCUT2D eigenvalue weighted by molar-refractivity contribution is 7.39. The smallest absolute Gasteiger partial charge is 0.270 e. The van der Waals surface area contributed by atoms with Gasteiger partial charge in [0.15, 0.2) is 34.8 Å². The molecule has 264 valence electrons. The number of nitriles is 2. The van der Waals surface area contributed by atoms with Crippen LogP contribution in [0.1, 0.15) is 79.3 Å². The molecule has 0 radical (unpaired) electrons. The van der Waals surface area contributed by atoms with Crippen molar-refractivity contribution in [2.75, 3.05) is 0 Å². The molecular weight excluding hydrogens is 765 g/mol. The molecule has 3 heterocycles. The van der Waals surface area contributed by atoms with E-state index in [9.17, 15) is 37.7 Å². The highest BCUT2D eigenvalue weighted by Crippen LogP contribution is 2.60. The van der Waals surface area contributed by atoms with Gasteiger partial charge in [0, 0.05) is 53.3 Å². The van der Waals surface area contributed by atoms with Crippen LogP contribution in [0.15, 0.2) is 64.5 Å². The van der Waals surface area contributed by atoms with Crippen molar-refractivity contribution < 1.29 is 27.2 Å². The minimum atomic E-state index is -1.21. The predicted octanol–water partition coefficient (Wildman–Crippen LogP) is 11.7. The largest absolute Gasteiger partial charge is 0.289 e. The highest BCUT2D eigenvalue weighted by Gasteiger charge is 2.46. The molecule has 0 atom stereocenters. The van der Waals surface area contributed by atoms with Gasteiger partial charge in [-0.3, -0.25) is 9.59 Å². The quantitative estimate of drug-likeness (QED) is 0.0772. The van der Waals surface area contributed by atoms with Crippen LogP contribution in [0.5, 0.6) is 0 Å². The van der Waals surface area contributed by atoms with Crippen LogP contribution in [0.25, 0.3) is 51.8 Å². The van der Waals surface area contributed by atoms with Gasteiger partial charge in [0.2, 0.25) is 0 Å². The lowest BCUT2D eigenvalue weighted by Crippen LogP contribution is -2.28. The number of nitrogens with zero attached hydrogens (tertiary/aromatic N) is 4. The van der Waals surface area contributed by atoms with Crippen molar-refractivity contribution in [1.29, 1.82) is 10.5 Å². The normalized spacial score (nSPS) is 20.0. The summed E-state index contributed by atoms with van der Waals surface area (Å²) >= 11 is 4.57. The Hall–Kier alpha value is -6.22. The lowest BCUT2D eigenvalue weighted by atomic mass is 9.67. The number of hydrogen-bond acceptors (Lipinski definition) is 7. The number of thiophene rings is 3. The second-order valence-corrected chi connectivity index (χ2v) is 16.7. The maximum atomic E-state index is 14.5. The Balaban J connectivity index is 1.18. The zero-order valence-electron chi connectivity index (χ0n) is 28.0. The standard InChI is InChI=1S/C42H18F4N4O2S3/c1-49-30(16-47)34-20-12-26(43)28(45)14-22(20)37(51)24(34)8-18-9-32-36(42(18)6-4-3-5-7-42)40-41(54-32)39-33(55-40)11-19(53-39)10-25-35(31(17-48)50-2)21-13-27(44)29(46)15-23(21)38(25)52/h8-15H,3-7H2/b24-8-,25-10-,34-30+,35-31?. The van der Waals surface area contributed by atoms with E-state index < -0.39 is 45.9 Å².